The number of aromatic nitrogens is 1. The van der Waals surface area contributed by atoms with Crippen LogP contribution in [0.4, 0.5) is 10.1 Å². The van der Waals surface area contributed by atoms with Crippen molar-refractivity contribution in [2.75, 3.05) is 5.32 Å². The molecule has 0 amide bonds. The van der Waals surface area contributed by atoms with Crippen molar-refractivity contribution in [1.29, 1.82) is 0 Å². The maximum atomic E-state index is 13.1. The Morgan fingerprint density at radius 2 is 2.10 bits per heavy atom. The Kier molecular flexibility index (Phi) is 3.80. The molecule has 3 aromatic rings. The number of aryl methyl sites for hydroxylation is 1. The highest BCUT2D eigenvalue weighted by Gasteiger charge is 2.05. The summed E-state index contributed by atoms with van der Waals surface area (Å²) in [5.41, 5.74) is 3.45. The van der Waals surface area contributed by atoms with Crippen LogP contribution in [-0.4, -0.2) is 4.98 Å². The van der Waals surface area contributed by atoms with Gasteiger partial charge in [0.15, 0.2) is 11.5 Å². The molecule has 21 heavy (non-hydrogen) atoms. The molecule has 0 saturated carbocycles. The van der Waals surface area contributed by atoms with Crippen LogP contribution in [0.25, 0.3) is 11.1 Å². The fourth-order valence-electron chi connectivity index (χ4n) is 2.09. The van der Waals surface area contributed by atoms with Gasteiger partial charge in [0.2, 0.25) is 0 Å². The van der Waals surface area contributed by atoms with E-state index < -0.39 is 5.82 Å². The number of rotatable bonds is 4. The molecule has 3 rings (SSSR count). The van der Waals surface area contributed by atoms with Crippen molar-refractivity contribution < 1.29 is 8.81 Å². The number of oxazole rings is 1. The van der Waals surface area contributed by atoms with Gasteiger partial charge >= 0.3 is 0 Å². The van der Waals surface area contributed by atoms with Crippen molar-refractivity contribution in [3.63, 3.8) is 0 Å². The second-order valence-corrected chi connectivity index (χ2v) is 5.15. The van der Waals surface area contributed by atoms with E-state index in [1.54, 1.807) is 12.1 Å². The summed E-state index contributed by atoms with van der Waals surface area (Å²) in [6.07, 6.45) is 0.769. The molecule has 1 heterocycles. The number of benzene rings is 2. The Balaban J connectivity index is 1.76. The van der Waals surface area contributed by atoms with Crippen molar-refractivity contribution in [3.8, 4) is 0 Å². The van der Waals surface area contributed by atoms with Crippen LogP contribution in [0.1, 0.15) is 18.4 Å². The lowest BCUT2D eigenvalue weighted by molar-refractivity contribution is 0.538. The zero-order valence-corrected chi connectivity index (χ0v) is 12.2. The number of hydrogen-bond donors (Lipinski definition) is 1. The van der Waals surface area contributed by atoms with Gasteiger partial charge in [0.05, 0.1) is 5.02 Å². The Morgan fingerprint density at radius 3 is 2.86 bits per heavy atom. The SMILES string of the molecule is CCc1nc2cc(NCc3ccc(F)c(Cl)c3)ccc2o1. The molecule has 0 aliphatic heterocycles. The van der Waals surface area contributed by atoms with Crippen molar-refractivity contribution in [2.45, 2.75) is 19.9 Å². The molecular formula is C16H14ClFN2O. The van der Waals surface area contributed by atoms with Gasteiger partial charge in [0, 0.05) is 18.7 Å². The second-order valence-electron chi connectivity index (χ2n) is 4.75. The minimum Gasteiger partial charge on any atom is -0.441 e. The van der Waals surface area contributed by atoms with Crippen LogP contribution < -0.4 is 5.32 Å². The molecule has 0 saturated heterocycles. The predicted molar refractivity (Wildman–Crippen MR) is 82.1 cm³/mol. The molecular weight excluding hydrogens is 291 g/mol. The molecule has 1 N–H and O–H groups in total. The van der Waals surface area contributed by atoms with Crippen molar-refractivity contribution in [1.82, 2.24) is 4.98 Å². The maximum absolute atomic E-state index is 13.1. The summed E-state index contributed by atoms with van der Waals surface area (Å²) in [5.74, 6) is 0.323. The average Bonchev–Trinajstić information content (AvgIpc) is 2.90. The highest BCUT2D eigenvalue weighted by molar-refractivity contribution is 6.30. The monoisotopic (exact) mass is 304 g/mol. The zero-order chi connectivity index (χ0) is 14.8. The minimum atomic E-state index is -0.406. The van der Waals surface area contributed by atoms with Crippen LogP contribution in [0, 0.1) is 5.82 Å². The summed E-state index contributed by atoms with van der Waals surface area (Å²) in [5, 5.41) is 3.40. The minimum absolute atomic E-state index is 0.133. The lowest BCUT2D eigenvalue weighted by Crippen LogP contribution is -1.99. The number of nitrogens with zero attached hydrogens (tertiary/aromatic N) is 1. The van der Waals surface area contributed by atoms with Gasteiger partial charge in [-0.1, -0.05) is 24.6 Å². The summed E-state index contributed by atoms with van der Waals surface area (Å²) in [7, 11) is 0. The summed E-state index contributed by atoms with van der Waals surface area (Å²) >= 11 is 5.77. The van der Waals surface area contributed by atoms with E-state index >= 15 is 0 Å². The van der Waals surface area contributed by atoms with Gasteiger partial charge in [0.1, 0.15) is 11.3 Å². The van der Waals surface area contributed by atoms with E-state index in [0.29, 0.717) is 6.54 Å². The number of nitrogens with one attached hydrogen (secondary N) is 1. The third-order valence-electron chi connectivity index (χ3n) is 3.21. The van der Waals surface area contributed by atoms with Crippen LogP contribution >= 0.6 is 11.6 Å². The van der Waals surface area contributed by atoms with Crippen LogP contribution in [0.3, 0.4) is 0 Å². The smallest absolute Gasteiger partial charge is 0.195 e. The first-order valence-electron chi connectivity index (χ1n) is 6.73. The third kappa shape index (κ3) is 3.00. The first-order valence-corrected chi connectivity index (χ1v) is 7.11. The fourth-order valence-corrected chi connectivity index (χ4v) is 2.29. The van der Waals surface area contributed by atoms with Crippen LogP contribution in [-0.2, 0) is 13.0 Å². The van der Waals surface area contributed by atoms with Gasteiger partial charge in [-0.3, -0.25) is 0 Å². The predicted octanol–water partition coefficient (Wildman–Crippen LogP) is 4.79. The normalized spacial score (nSPS) is 11.0. The standard InChI is InChI=1S/C16H14ClFN2O/c1-2-16-20-14-8-11(4-6-15(14)21-16)19-9-10-3-5-13(18)12(17)7-10/h3-8,19H,2,9H2,1H3. The lowest BCUT2D eigenvalue weighted by Gasteiger charge is -2.07. The highest BCUT2D eigenvalue weighted by atomic mass is 35.5. The summed E-state index contributed by atoms with van der Waals surface area (Å²) in [6, 6.07) is 10.4. The molecule has 0 aliphatic carbocycles. The largest absolute Gasteiger partial charge is 0.441 e. The number of halogens is 2. The summed E-state index contributed by atoms with van der Waals surface area (Å²) in [4.78, 5) is 4.40. The molecule has 0 fully saturated rings. The van der Waals surface area contributed by atoms with Crippen molar-refractivity contribution in [3.05, 3.63) is 58.7 Å². The first kappa shape index (κ1) is 13.9. The topological polar surface area (TPSA) is 38.1 Å². The number of hydrogen-bond acceptors (Lipinski definition) is 3. The van der Waals surface area contributed by atoms with Gasteiger partial charge in [-0.25, -0.2) is 9.37 Å². The summed E-state index contributed by atoms with van der Waals surface area (Å²) < 4.78 is 18.7. The van der Waals surface area contributed by atoms with Gasteiger partial charge in [0.25, 0.3) is 0 Å². The maximum Gasteiger partial charge on any atom is 0.195 e. The van der Waals surface area contributed by atoms with E-state index in [0.717, 1.165) is 34.7 Å². The Hall–Kier alpha value is -2.07. The third-order valence-corrected chi connectivity index (χ3v) is 3.50. The van der Waals surface area contributed by atoms with E-state index in [-0.39, 0.29) is 5.02 Å². The van der Waals surface area contributed by atoms with E-state index in [2.05, 4.69) is 10.3 Å². The number of anilines is 1. The van der Waals surface area contributed by atoms with E-state index in [1.165, 1.54) is 6.07 Å². The van der Waals surface area contributed by atoms with Gasteiger partial charge in [-0.15, -0.1) is 0 Å². The van der Waals surface area contributed by atoms with E-state index in [9.17, 15) is 4.39 Å². The molecule has 108 valence electrons. The van der Waals surface area contributed by atoms with Gasteiger partial charge in [-0.05, 0) is 35.9 Å². The molecule has 0 aliphatic rings. The molecule has 0 unspecified atom stereocenters. The molecule has 3 nitrogen and oxygen atoms in total. The van der Waals surface area contributed by atoms with Crippen molar-refractivity contribution >= 4 is 28.4 Å². The lowest BCUT2D eigenvalue weighted by atomic mass is 10.2. The fraction of sp³-hybridized carbons (Fsp3) is 0.188. The zero-order valence-electron chi connectivity index (χ0n) is 11.5. The second kappa shape index (κ2) is 5.74. The van der Waals surface area contributed by atoms with E-state index in [4.69, 9.17) is 16.0 Å². The summed E-state index contributed by atoms with van der Waals surface area (Å²) in [6.45, 7) is 2.56. The highest BCUT2D eigenvalue weighted by Crippen LogP contribution is 2.21. The quantitative estimate of drug-likeness (QED) is 0.752. The molecule has 0 radical (unpaired) electrons. The molecule has 5 heteroatoms. The Bertz CT molecular complexity index is 785. The number of fused-ring (bicyclic) bond motifs is 1. The molecule has 2 aromatic carbocycles. The van der Waals surface area contributed by atoms with Crippen LogP contribution in [0.5, 0.6) is 0 Å². The molecule has 0 atom stereocenters. The molecule has 1 aromatic heterocycles. The van der Waals surface area contributed by atoms with Crippen LogP contribution in [0.2, 0.25) is 5.02 Å². The Labute approximate surface area is 126 Å². The Morgan fingerprint density at radius 1 is 1.24 bits per heavy atom. The molecule has 0 spiro atoms. The first-order chi connectivity index (χ1) is 10.2. The van der Waals surface area contributed by atoms with E-state index in [1.807, 2.05) is 25.1 Å². The van der Waals surface area contributed by atoms with Crippen LogP contribution in [0.15, 0.2) is 40.8 Å². The van der Waals surface area contributed by atoms with Gasteiger partial charge in [-0.2, -0.15) is 0 Å². The molecule has 0 bridgehead atoms. The van der Waals surface area contributed by atoms with Gasteiger partial charge < -0.3 is 9.73 Å². The average molecular weight is 305 g/mol. The van der Waals surface area contributed by atoms with Crippen molar-refractivity contribution in [2.24, 2.45) is 0 Å².